The molecule has 0 bridgehead atoms. The third-order valence-electron chi connectivity index (χ3n) is 1.61. The maximum absolute atomic E-state index is 9.31. The number of fused-ring (bicyclic) bond motifs is 1. The predicted molar refractivity (Wildman–Crippen MR) is 43.4 cm³/mol. The SMILES string of the molecule is Oc1cccc2cccnc12.[Zn].[Zn]. The van der Waals surface area contributed by atoms with Crippen LogP contribution in [0.3, 0.4) is 0 Å². The molecule has 0 saturated carbocycles. The zero-order chi connectivity index (χ0) is 7.68. The number of rotatable bonds is 0. The van der Waals surface area contributed by atoms with Crippen molar-refractivity contribution in [1.82, 2.24) is 4.98 Å². The predicted octanol–water partition coefficient (Wildman–Crippen LogP) is 1.94. The molecule has 2 rings (SSSR count). The molecule has 1 heterocycles. The quantitative estimate of drug-likeness (QED) is 0.746. The van der Waals surface area contributed by atoms with E-state index in [-0.39, 0.29) is 44.7 Å². The number of nitrogens with zero attached hydrogens (tertiary/aromatic N) is 1. The van der Waals surface area contributed by atoms with Gasteiger partial charge in [-0.2, -0.15) is 0 Å². The number of hydrogen-bond donors (Lipinski definition) is 1. The Morgan fingerprint density at radius 3 is 2.38 bits per heavy atom. The van der Waals surface area contributed by atoms with Gasteiger partial charge in [0.05, 0.1) is 0 Å². The summed E-state index contributed by atoms with van der Waals surface area (Å²) in [5, 5.41) is 10.3. The standard InChI is InChI=1S/C9H7NO.2Zn/c11-8-5-1-3-7-4-2-6-10-9(7)8;;/h1-6,11H;;. The molecule has 0 saturated heterocycles. The van der Waals surface area contributed by atoms with E-state index in [1.165, 1.54) is 0 Å². The summed E-state index contributed by atoms with van der Waals surface area (Å²) < 4.78 is 0. The summed E-state index contributed by atoms with van der Waals surface area (Å²) >= 11 is 0. The van der Waals surface area contributed by atoms with Crippen molar-refractivity contribution in [1.29, 1.82) is 0 Å². The van der Waals surface area contributed by atoms with Crippen molar-refractivity contribution < 1.29 is 44.1 Å². The first-order valence-electron chi connectivity index (χ1n) is 3.40. The minimum Gasteiger partial charge on any atom is -0.506 e. The van der Waals surface area contributed by atoms with Crippen molar-refractivity contribution in [2.75, 3.05) is 0 Å². The van der Waals surface area contributed by atoms with Gasteiger partial charge in [0.2, 0.25) is 0 Å². The van der Waals surface area contributed by atoms with Gasteiger partial charge >= 0.3 is 0 Å². The maximum atomic E-state index is 9.31. The molecular formula is C9H7NOZn2. The Kier molecular flexibility index (Phi) is 5.28. The van der Waals surface area contributed by atoms with Crippen LogP contribution in [0.1, 0.15) is 0 Å². The molecule has 0 aliphatic rings. The van der Waals surface area contributed by atoms with E-state index >= 15 is 0 Å². The van der Waals surface area contributed by atoms with Crippen molar-refractivity contribution >= 4 is 10.9 Å². The molecule has 0 fully saturated rings. The molecule has 0 spiro atoms. The van der Waals surface area contributed by atoms with Gasteiger partial charge in [0.1, 0.15) is 11.3 Å². The summed E-state index contributed by atoms with van der Waals surface area (Å²) in [6.07, 6.45) is 1.67. The summed E-state index contributed by atoms with van der Waals surface area (Å²) in [5.74, 6) is 0.239. The van der Waals surface area contributed by atoms with Crippen LogP contribution in [-0.2, 0) is 39.0 Å². The summed E-state index contributed by atoms with van der Waals surface area (Å²) in [4.78, 5) is 4.03. The Morgan fingerprint density at radius 1 is 1.00 bits per heavy atom. The van der Waals surface area contributed by atoms with E-state index < -0.39 is 0 Å². The van der Waals surface area contributed by atoms with Crippen molar-refractivity contribution in [2.45, 2.75) is 0 Å². The molecular weight excluding hydrogens is 269 g/mol. The fourth-order valence-corrected chi connectivity index (χ4v) is 1.09. The second-order valence-electron chi connectivity index (χ2n) is 2.35. The smallest absolute Gasteiger partial charge is 0.141 e. The van der Waals surface area contributed by atoms with Crippen LogP contribution in [0.15, 0.2) is 36.5 Å². The van der Waals surface area contributed by atoms with Crippen LogP contribution in [0.5, 0.6) is 5.75 Å². The normalized spacial score (nSPS) is 8.62. The minimum absolute atomic E-state index is 0. The fraction of sp³-hybridized carbons (Fsp3) is 0. The maximum Gasteiger partial charge on any atom is 0.141 e. The number of aromatic nitrogens is 1. The first-order valence-corrected chi connectivity index (χ1v) is 3.40. The average molecular weight is 276 g/mol. The number of hydrogen-bond acceptors (Lipinski definition) is 2. The molecule has 0 aliphatic carbocycles. The van der Waals surface area contributed by atoms with E-state index in [9.17, 15) is 5.11 Å². The monoisotopic (exact) mass is 273 g/mol. The minimum atomic E-state index is 0. The Balaban J connectivity index is 0.000000720. The Labute approximate surface area is 102 Å². The van der Waals surface area contributed by atoms with Gasteiger partial charge < -0.3 is 5.11 Å². The Bertz CT molecular complexity index is 387. The number of phenols is 1. The third kappa shape index (κ3) is 2.56. The number of benzene rings is 1. The van der Waals surface area contributed by atoms with Crippen LogP contribution in [-0.4, -0.2) is 10.1 Å². The number of phenolic OH excluding ortho intramolecular Hbond substituents is 1. The first kappa shape index (κ1) is 12.7. The largest absolute Gasteiger partial charge is 0.506 e. The second kappa shape index (κ2) is 5.42. The Hall–Kier alpha value is -0.323. The number of para-hydroxylation sites is 1. The van der Waals surface area contributed by atoms with Crippen LogP contribution in [0, 0.1) is 0 Å². The zero-order valence-electron chi connectivity index (χ0n) is 7.27. The van der Waals surface area contributed by atoms with Gasteiger partial charge in [0, 0.05) is 50.5 Å². The first-order chi connectivity index (χ1) is 5.38. The van der Waals surface area contributed by atoms with Gasteiger partial charge in [-0.15, -0.1) is 0 Å². The molecule has 0 radical (unpaired) electrons. The van der Waals surface area contributed by atoms with Crippen LogP contribution >= 0.6 is 0 Å². The summed E-state index contributed by atoms with van der Waals surface area (Å²) in [7, 11) is 0. The molecule has 1 aromatic heterocycles. The molecule has 0 unspecified atom stereocenters. The van der Waals surface area contributed by atoms with Crippen molar-refractivity contribution in [3.63, 3.8) is 0 Å². The van der Waals surface area contributed by atoms with Gasteiger partial charge in [-0.05, 0) is 12.1 Å². The molecule has 4 heteroatoms. The fourth-order valence-electron chi connectivity index (χ4n) is 1.09. The summed E-state index contributed by atoms with van der Waals surface area (Å²) in [6.45, 7) is 0. The van der Waals surface area contributed by atoms with Crippen molar-refractivity contribution in [2.24, 2.45) is 0 Å². The van der Waals surface area contributed by atoms with Crippen molar-refractivity contribution in [3.8, 4) is 5.75 Å². The Morgan fingerprint density at radius 2 is 1.69 bits per heavy atom. The molecule has 1 aromatic carbocycles. The number of aromatic hydroxyl groups is 1. The molecule has 0 atom stereocenters. The van der Waals surface area contributed by atoms with Gasteiger partial charge in [-0.3, -0.25) is 4.98 Å². The molecule has 1 N–H and O–H groups in total. The molecule has 0 aliphatic heterocycles. The van der Waals surface area contributed by atoms with E-state index in [0.717, 1.165) is 5.39 Å². The van der Waals surface area contributed by atoms with Gasteiger partial charge in [-0.25, -0.2) is 0 Å². The number of pyridine rings is 1. The molecule has 2 aromatic rings. The van der Waals surface area contributed by atoms with Crippen LogP contribution in [0.25, 0.3) is 10.9 Å². The van der Waals surface area contributed by atoms with Gasteiger partial charge in [0.15, 0.2) is 0 Å². The molecule has 0 amide bonds. The van der Waals surface area contributed by atoms with E-state index in [0.29, 0.717) is 5.52 Å². The summed E-state index contributed by atoms with van der Waals surface area (Å²) in [6, 6.07) is 9.13. The topological polar surface area (TPSA) is 33.1 Å². The van der Waals surface area contributed by atoms with E-state index in [1.807, 2.05) is 18.2 Å². The van der Waals surface area contributed by atoms with Gasteiger partial charge in [-0.1, -0.05) is 18.2 Å². The molecule has 13 heavy (non-hydrogen) atoms. The van der Waals surface area contributed by atoms with Crippen molar-refractivity contribution in [3.05, 3.63) is 36.5 Å². The third-order valence-corrected chi connectivity index (χ3v) is 1.61. The molecule has 58 valence electrons. The summed E-state index contributed by atoms with van der Waals surface area (Å²) in [5.41, 5.74) is 0.662. The molecule has 2 nitrogen and oxygen atoms in total. The van der Waals surface area contributed by atoms with E-state index in [2.05, 4.69) is 4.98 Å². The second-order valence-corrected chi connectivity index (χ2v) is 2.35. The zero-order valence-corrected chi connectivity index (χ0v) is 13.2. The van der Waals surface area contributed by atoms with Gasteiger partial charge in [0.25, 0.3) is 0 Å². The van der Waals surface area contributed by atoms with Crippen LogP contribution in [0.4, 0.5) is 0 Å². The van der Waals surface area contributed by atoms with Crippen LogP contribution in [0.2, 0.25) is 0 Å². The average Bonchev–Trinajstić information content (AvgIpc) is 2.06. The van der Waals surface area contributed by atoms with E-state index in [1.54, 1.807) is 18.3 Å². The van der Waals surface area contributed by atoms with E-state index in [4.69, 9.17) is 0 Å². The van der Waals surface area contributed by atoms with Crippen LogP contribution < -0.4 is 0 Å².